The standard InChI is InChI=1S/C19H26N2/c1-5-16-10-12-17(13-11-16)18(20-3)14-21(4)19-9-7-6-8-15(19)2/h6-13,18,20H,5,14H2,1-4H3. The molecule has 112 valence electrons. The molecule has 2 rings (SSSR count). The highest BCUT2D eigenvalue weighted by atomic mass is 15.1. The predicted octanol–water partition coefficient (Wildman–Crippen LogP) is 3.95. The molecular formula is C19H26N2. The van der Waals surface area contributed by atoms with Gasteiger partial charge in [-0.2, -0.15) is 0 Å². The zero-order chi connectivity index (χ0) is 15.2. The largest absolute Gasteiger partial charge is 0.372 e. The summed E-state index contributed by atoms with van der Waals surface area (Å²) in [5.41, 5.74) is 5.34. The lowest BCUT2D eigenvalue weighted by atomic mass is 10.0. The first-order valence-electron chi connectivity index (χ1n) is 7.68. The molecule has 1 atom stereocenters. The van der Waals surface area contributed by atoms with E-state index in [4.69, 9.17) is 0 Å². The SMILES string of the molecule is CCc1ccc(C(CN(C)c2ccccc2C)NC)cc1. The molecule has 0 aliphatic carbocycles. The Morgan fingerprint density at radius 2 is 1.71 bits per heavy atom. The van der Waals surface area contributed by atoms with Crippen molar-refractivity contribution >= 4 is 5.69 Å². The van der Waals surface area contributed by atoms with Crippen LogP contribution in [0.1, 0.15) is 29.7 Å². The van der Waals surface area contributed by atoms with Gasteiger partial charge in [-0.25, -0.2) is 0 Å². The third-order valence-electron chi connectivity index (χ3n) is 4.12. The molecule has 0 aromatic heterocycles. The molecule has 0 saturated heterocycles. The molecule has 0 saturated carbocycles. The number of nitrogens with one attached hydrogen (secondary N) is 1. The van der Waals surface area contributed by atoms with Gasteiger partial charge in [0.1, 0.15) is 0 Å². The van der Waals surface area contributed by atoms with Crippen LogP contribution in [-0.4, -0.2) is 20.6 Å². The summed E-state index contributed by atoms with van der Waals surface area (Å²) in [6.45, 7) is 5.31. The number of rotatable bonds is 6. The Labute approximate surface area is 128 Å². The summed E-state index contributed by atoms with van der Waals surface area (Å²) >= 11 is 0. The molecular weight excluding hydrogens is 256 g/mol. The van der Waals surface area contributed by atoms with Crippen molar-refractivity contribution in [3.8, 4) is 0 Å². The summed E-state index contributed by atoms with van der Waals surface area (Å²) in [5.74, 6) is 0. The summed E-state index contributed by atoms with van der Waals surface area (Å²) in [4.78, 5) is 2.32. The Bertz CT molecular complexity index is 560. The maximum absolute atomic E-state index is 3.43. The second-order valence-electron chi connectivity index (χ2n) is 5.60. The van der Waals surface area contributed by atoms with Gasteiger partial charge >= 0.3 is 0 Å². The van der Waals surface area contributed by atoms with Crippen LogP contribution < -0.4 is 10.2 Å². The normalized spacial score (nSPS) is 12.2. The molecule has 0 fully saturated rings. The molecule has 0 aliphatic heterocycles. The van der Waals surface area contributed by atoms with Crippen molar-refractivity contribution in [1.82, 2.24) is 5.32 Å². The summed E-state index contributed by atoms with van der Waals surface area (Å²) in [5, 5.41) is 3.43. The van der Waals surface area contributed by atoms with E-state index in [0.29, 0.717) is 6.04 Å². The fourth-order valence-electron chi connectivity index (χ4n) is 2.71. The number of nitrogens with zero attached hydrogens (tertiary/aromatic N) is 1. The lowest BCUT2D eigenvalue weighted by Crippen LogP contribution is -2.31. The van der Waals surface area contributed by atoms with E-state index < -0.39 is 0 Å². The van der Waals surface area contributed by atoms with Gasteiger partial charge in [0, 0.05) is 25.3 Å². The minimum Gasteiger partial charge on any atom is -0.372 e. The second kappa shape index (κ2) is 7.28. The van der Waals surface area contributed by atoms with E-state index in [1.165, 1.54) is 22.4 Å². The third-order valence-corrected chi connectivity index (χ3v) is 4.12. The molecule has 2 aromatic rings. The number of hydrogen-bond donors (Lipinski definition) is 1. The molecule has 1 unspecified atom stereocenters. The number of benzene rings is 2. The van der Waals surface area contributed by atoms with Crippen LogP contribution in [0.3, 0.4) is 0 Å². The molecule has 0 heterocycles. The predicted molar refractivity (Wildman–Crippen MR) is 92.1 cm³/mol. The average Bonchev–Trinajstić information content (AvgIpc) is 2.53. The first-order chi connectivity index (χ1) is 10.2. The first-order valence-corrected chi connectivity index (χ1v) is 7.68. The van der Waals surface area contributed by atoms with Crippen molar-refractivity contribution < 1.29 is 0 Å². The van der Waals surface area contributed by atoms with Gasteiger partial charge < -0.3 is 10.2 Å². The van der Waals surface area contributed by atoms with E-state index in [9.17, 15) is 0 Å². The molecule has 21 heavy (non-hydrogen) atoms. The summed E-state index contributed by atoms with van der Waals surface area (Å²) < 4.78 is 0. The lowest BCUT2D eigenvalue weighted by molar-refractivity contribution is 0.589. The van der Waals surface area contributed by atoms with Crippen LogP contribution in [0.2, 0.25) is 0 Å². The van der Waals surface area contributed by atoms with Gasteiger partial charge in [-0.1, -0.05) is 49.4 Å². The Kier molecular flexibility index (Phi) is 5.40. The van der Waals surface area contributed by atoms with Gasteiger partial charge in [0.25, 0.3) is 0 Å². The van der Waals surface area contributed by atoms with Crippen molar-refractivity contribution in [2.24, 2.45) is 0 Å². The highest BCUT2D eigenvalue weighted by Crippen LogP contribution is 2.22. The van der Waals surface area contributed by atoms with Crippen LogP contribution in [0, 0.1) is 6.92 Å². The van der Waals surface area contributed by atoms with Crippen LogP contribution in [0.25, 0.3) is 0 Å². The summed E-state index contributed by atoms with van der Waals surface area (Å²) in [6, 6.07) is 17.8. The molecule has 2 aromatic carbocycles. The molecule has 2 nitrogen and oxygen atoms in total. The quantitative estimate of drug-likeness (QED) is 0.863. The van der Waals surface area contributed by atoms with Crippen molar-refractivity contribution in [1.29, 1.82) is 0 Å². The fraction of sp³-hybridized carbons (Fsp3) is 0.368. The molecule has 1 N–H and O–H groups in total. The fourth-order valence-corrected chi connectivity index (χ4v) is 2.71. The Hall–Kier alpha value is -1.80. The summed E-state index contributed by atoms with van der Waals surface area (Å²) in [6.07, 6.45) is 1.09. The molecule has 0 radical (unpaired) electrons. The van der Waals surface area contributed by atoms with Gasteiger partial charge in [-0.05, 0) is 43.1 Å². The van der Waals surface area contributed by atoms with Gasteiger partial charge in [0.15, 0.2) is 0 Å². The van der Waals surface area contributed by atoms with Gasteiger partial charge in [0.2, 0.25) is 0 Å². The van der Waals surface area contributed by atoms with Crippen molar-refractivity contribution in [3.05, 3.63) is 65.2 Å². The molecule has 0 spiro atoms. The second-order valence-corrected chi connectivity index (χ2v) is 5.60. The smallest absolute Gasteiger partial charge is 0.0495 e. The van der Waals surface area contributed by atoms with Crippen LogP contribution >= 0.6 is 0 Å². The molecule has 2 heteroatoms. The van der Waals surface area contributed by atoms with E-state index in [0.717, 1.165) is 13.0 Å². The van der Waals surface area contributed by atoms with E-state index in [2.05, 4.69) is 79.6 Å². The van der Waals surface area contributed by atoms with Crippen LogP contribution in [0.5, 0.6) is 0 Å². The van der Waals surface area contributed by atoms with Gasteiger partial charge in [-0.3, -0.25) is 0 Å². The highest BCUT2D eigenvalue weighted by molar-refractivity contribution is 5.52. The number of aryl methyl sites for hydroxylation is 2. The number of para-hydroxylation sites is 1. The lowest BCUT2D eigenvalue weighted by Gasteiger charge is -2.27. The first kappa shape index (κ1) is 15.6. The number of hydrogen-bond acceptors (Lipinski definition) is 2. The number of likely N-dealkylation sites (N-methyl/N-ethyl adjacent to an activating group) is 2. The Balaban J connectivity index is 2.13. The Morgan fingerprint density at radius 3 is 2.29 bits per heavy atom. The molecule has 0 bridgehead atoms. The van der Waals surface area contributed by atoms with E-state index in [1.807, 2.05) is 7.05 Å². The van der Waals surface area contributed by atoms with Gasteiger partial charge in [0.05, 0.1) is 0 Å². The van der Waals surface area contributed by atoms with Crippen molar-refractivity contribution in [2.75, 3.05) is 25.5 Å². The molecule has 0 amide bonds. The maximum Gasteiger partial charge on any atom is 0.0495 e. The topological polar surface area (TPSA) is 15.3 Å². The zero-order valence-corrected chi connectivity index (χ0v) is 13.6. The minimum atomic E-state index is 0.334. The average molecular weight is 282 g/mol. The van der Waals surface area contributed by atoms with Crippen molar-refractivity contribution in [2.45, 2.75) is 26.3 Å². The maximum atomic E-state index is 3.43. The van der Waals surface area contributed by atoms with Crippen LogP contribution in [0.15, 0.2) is 48.5 Å². The third kappa shape index (κ3) is 3.85. The van der Waals surface area contributed by atoms with Crippen molar-refractivity contribution in [3.63, 3.8) is 0 Å². The van der Waals surface area contributed by atoms with Crippen LogP contribution in [-0.2, 0) is 6.42 Å². The minimum absolute atomic E-state index is 0.334. The highest BCUT2D eigenvalue weighted by Gasteiger charge is 2.13. The van der Waals surface area contributed by atoms with E-state index >= 15 is 0 Å². The number of anilines is 1. The van der Waals surface area contributed by atoms with E-state index in [-0.39, 0.29) is 0 Å². The molecule has 0 aliphatic rings. The van der Waals surface area contributed by atoms with Gasteiger partial charge in [-0.15, -0.1) is 0 Å². The monoisotopic (exact) mass is 282 g/mol. The summed E-state index contributed by atoms with van der Waals surface area (Å²) in [7, 11) is 4.19. The van der Waals surface area contributed by atoms with Crippen LogP contribution in [0.4, 0.5) is 5.69 Å². The zero-order valence-electron chi connectivity index (χ0n) is 13.6. The van der Waals surface area contributed by atoms with E-state index in [1.54, 1.807) is 0 Å². The Morgan fingerprint density at radius 1 is 1.05 bits per heavy atom.